The van der Waals surface area contributed by atoms with Crippen LogP contribution < -0.4 is 15.8 Å². The number of carbonyl (C=O) groups excluding carboxylic acids is 1. The molecule has 0 radical (unpaired) electrons. The van der Waals surface area contributed by atoms with E-state index in [0.29, 0.717) is 29.9 Å². The number of ether oxygens (including phenoxy) is 1. The van der Waals surface area contributed by atoms with Crippen LogP contribution >= 0.6 is 0 Å². The molecule has 22 heavy (non-hydrogen) atoms. The van der Waals surface area contributed by atoms with E-state index < -0.39 is 0 Å². The van der Waals surface area contributed by atoms with Crippen molar-refractivity contribution in [2.24, 2.45) is 5.73 Å². The summed E-state index contributed by atoms with van der Waals surface area (Å²) in [5.41, 5.74) is 6.81. The van der Waals surface area contributed by atoms with E-state index in [1.807, 2.05) is 40.1 Å². The van der Waals surface area contributed by atoms with Gasteiger partial charge in [-0.2, -0.15) is 0 Å². The summed E-state index contributed by atoms with van der Waals surface area (Å²) in [5, 5.41) is 2.75. The average molecular weight is 303 g/mol. The quantitative estimate of drug-likeness (QED) is 0.840. The zero-order valence-electron chi connectivity index (χ0n) is 13.7. The molecule has 0 atom stereocenters. The van der Waals surface area contributed by atoms with E-state index in [9.17, 15) is 4.79 Å². The number of nitrogens with zero attached hydrogens (tertiary/aromatic N) is 1. The molecular weight excluding hydrogens is 278 g/mol. The van der Waals surface area contributed by atoms with Gasteiger partial charge in [0.15, 0.2) is 6.29 Å². The Morgan fingerprint density at radius 2 is 2.00 bits per heavy atom. The van der Waals surface area contributed by atoms with Crippen molar-refractivity contribution in [1.29, 1.82) is 0 Å². The van der Waals surface area contributed by atoms with Crippen molar-refractivity contribution >= 4 is 6.29 Å². The van der Waals surface area contributed by atoms with Gasteiger partial charge in [-0.15, -0.1) is 0 Å². The van der Waals surface area contributed by atoms with Crippen LogP contribution in [0.2, 0.25) is 0 Å². The van der Waals surface area contributed by atoms with Gasteiger partial charge in [-0.3, -0.25) is 9.78 Å². The van der Waals surface area contributed by atoms with Crippen molar-refractivity contribution in [3.8, 4) is 5.75 Å². The minimum atomic E-state index is 0.343. The SMILES string of the molecule is CC.CNC.NC1=CC=C(Oc2ccnc(C=O)c2)C=CC1. The number of hydrogen-bond donors (Lipinski definition) is 2. The number of aldehydes is 1. The minimum Gasteiger partial charge on any atom is -0.457 e. The van der Waals surface area contributed by atoms with Gasteiger partial charge in [0.1, 0.15) is 17.2 Å². The van der Waals surface area contributed by atoms with E-state index in [-0.39, 0.29) is 0 Å². The highest BCUT2D eigenvalue weighted by Gasteiger charge is 2.01. The molecule has 0 aromatic carbocycles. The smallest absolute Gasteiger partial charge is 0.168 e. The van der Waals surface area contributed by atoms with Gasteiger partial charge in [0.25, 0.3) is 0 Å². The van der Waals surface area contributed by atoms with Crippen LogP contribution in [0.15, 0.2) is 54.1 Å². The first-order valence-corrected chi connectivity index (χ1v) is 7.20. The Hall–Kier alpha value is -2.40. The molecule has 5 heteroatoms. The maximum atomic E-state index is 10.6. The van der Waals surface area contributed by atoms with E-state index in [0.717, 1.165) is 5.70 Å². The van der Waals surface area contributed by atoms with Gasteiger partial charge in [-0.1, -0.05) is 19.9 Å². The lowest BCUT2D eigenvalue weighted by Crippen LogP contribution is -1.94. The van der Waals surface area contributed by atoms with Crippen molar-refractivity contribution in [2.45, 2.75) is 20.3 Å². The molecule has 0 amide bonds. The van der Waals surface area contributed by atoms with Crippen LogP contribution in [0.5, 0.6) is 5.75 Å². The molecule has 0 fully saturated rings. The third-order valence-electron chi connectivity index (χ3n) is 2.21. The predicted molar refractivity (Wildman–Crippen MR) is 90.7 cm³/mol. The van der Waals surface area contributed by atoms with Crippen LogP contribution in [0, 0.1) is 0 Å². The first kappa shape index (κ1) is 19.6. The van der Waals surface area contributed by atoms with Crippen LogP contribution in [0.4, 0.5) is 0 Å². The summed E-state index contributed by atoms with van der Waals surface area (Å²) >= 11 is 0. The lowest BCUT2D eigenvalue weighted by atomic mass is 10.3. The van der Waals surface area contributed by atoms with E-state index in [1.54, 1.807) is 24.3 Å². The number of hydrogen-bond acceptors (Lipinski definition) is 5. The number of nitrogens with two attached hydrogens (primary N) is 1. The summed E-state index contributed by atoms with van der Waals surface area (Å²) < 4.78 is 5.60. The molecule has 0 saturated carbocycles. The fourth-order valence-electron chi connectivity index (χ4n) is 1.38. The molecule has 2 rings (SSSR count). The van der Waals surface area contributed by atoms with Crippen molar-refractivity contribution in [2.75, 3.05) is 14.1 Å². The summed E-state index contributed by atoms with van der Waals surface area (Å²) in [5.74, 6) is 1.25. The van der Waals surface area contributed by atoms with Gasteiger partial charge in [0, 0.05) is 24.4 Å². The van der Waals surface area contributed by atoms with Gasteiger partial charge in [-0.25, -0.2) is 0 Å². The van der Waals surface area contributed by atoms with Gasteiger partial charge < -0.3 is 15.8 Å². The number of allylic oxidation sites excluding steroid dienone is 4. The maximum absolute atomic E-state index is 10.6. The molecule has 0 aliphatic heterocycles. The molecule has 1 aromatic rings. The molecule has 1 aliphatic rings. The van der Waals surface area contributed by atoms with Gasteiger partial charge >= 0.3 is 0 Å². The summed E-state index contributed by atoms with van der Waals surface area (Å²) in [6.45, 7) is 4.00. The summed E-state index contributed by atoms with van der Waals surface area (Å²) in [4.78, 5) is 14.4. The zero-order valence-corrected chi connectivity index (χ0v) is 13.7. The second kappa shape index (κ2) is 12.3. The van der Waals surface area contributed by atoms with Crippen LogP contribution in [0.3, 0.4) is 0 Å². The highest BCUT2D eigenvalue weighted by Crippen LogP contribution is 2.16. The van der Waals surface area contributed by atoms with Crippen LogP contribution in [-0.4, -0.2) is 25.4 Å². The first-order valence-electron chi connectivity index (χ1n) is 7.20. The second-order valence-electron chi connectivity index (χ2n) is 4.05. The molecule has 5 nitrogen and oxygen atoms in total. The average Bonchev–Trinajstić information content (AvgIpc) is 2.75. The number of aromatic nitrogens is 1. The Morgan fingerprint density at radius 1 is 1.32 bits per heavy atom. The molecule has 0 spiro atoms. The highest BCUT2D eigenvalue weighted by molar-refractivity contribution is 5.72. The van der Waals surface area contributed by atoms with E-state index in [1.165, 1.54) is 6.20 Å². The molecule has 3 N–H and O–H groups in total. The highest BCUT2D eigenvalue weighted by atomic mass is 16.5. The maximum Gasteiger partial charge on any atom is 0.168 e. The van der Waals surface area contributed by atoms with Gasteiger partial charge in [-0.05, 0) is 38.4 Å². The van der Waals surface area contributed by atoms with E-state index in [4.69, 9.17) is 10.5 Å². The third kappa shape index (κ3) is 8.01. The zero-order chi connectivity index (χ0) is 16.8. The Labute approximate surface area is 132 Å². The van der Waals surface area contributed by atoms with Gasteiger partial charge in [0.05, 0.1) is 0 Å². The Balaban J connectivity index is 0.000000789. The number of nitrogens with one attached hydrogen (secondary N) is 1. The number of carbonyl (C=O) groups is 1. The summed E-state index contributed by atoms with van der Waals surface area (Å²) in [6, 6.07) is 3.28. The Morgan fingerprint density at radius 3 is 2.64 bits per heavy atom. The largest absolute Gasteiger partial charge is 0.457 e. The number of pyridine rings is 1. The van der Waals surface area contributed by atoms with Crippen LogP contribution in [-0.2, 0) is 0 Å². The van der Waals surface area contributed by atoms with Crippen LogP contribution in [0.1, 0.15) is 30.8 Å². The molecule has 1 heterocycles. The molecule has 1 aliphatic carbocycles. The topological polar surface area (TPSA) is 77.2 Å². The monoisotopic (exact) mass is 303 g/mol. The summed E-state index contributed by atoms with van der Waals surface area (Å²) in [6.07, 6.45) is 10.3. The first-order chi connectivity index (χ1) is 10.7. The molecule has 0 unspecified atom stereocenters. The molecular formula is C17H25N3O2. The Bertz CT molecular complexity index is 534. The molecule has 1 aromatic heterocycles. The van der Waals surface area contributed by atoms with Crippen molar-refractivity contribution in [3.05, 3.63) is 59.8 Å². The molecule has 0 bridgehead atoms. The standard InChI is InChI=1S/C13H12N2O2.C2H7N.C2H6/c14-10-2-1-3-12(5-4-10)17-13-6-7-15-11(8-13)9-16;1-3-2;1-2/h1,3-9H,2,14H2;3H,1-2H3;1-2H3. The molecule has 0 saturated heterocycles. The predicted octanol–water partition coefficient (Wildman–Crippen LogP) is 2.82. The lowest BCUT2D eigenvalue weighted by Gasteiger charge is -2.05. The van der Waals surface area contributed by atoms with Crippen molar-refractivity contribution in [3.63, 3.8) is 0 Å². The van der Waals surface area contributed by atoms with E-state index in [2.05, 4.69) is 10.3 Å². The van der Waals surface area contributed by atoms with Crippen molar-refractivity contribution in [1.82, 2.24) is 10.3 Å². The van der Waals surface area contributed by atoms with Crippen LogP contribution in [0.25, 0.3) is 0 Å². The fourth-order valence-corrected chi connectivity index (χ4v) is 1.38. The van der Waals surface area contributed by atoms with Gasteiger partial charge in [0.2, 0.25) is 0 Å². The normalized spacial score (nSPS) is 12.4. The minimum absolute atomic E-state index is 0.343. The second-order valence-corrected chi connectivity index (χ2v) is 4.05. The third-order valence-corrected chi connectivity index (χ3v) is 2.21. The van der Waals surface area contributed by atoms with E-state index >= 15 is 0 Å². The summed E-state index contributed by atoms with van der Waals surface area (Å²) in [7, 11) is 3.75. The lowest BCUT2D eigenvalue weighted by molar-refractivity contribution is 0.111. The molecule has 120 valence electrons. The van der Waals surface area contributed by atoms with Crippen molar-refractivity contribution < 1.29 is 9.53 Å². The number of rotatable bonds is 3. The Kier molecular flexibility index (Phi) is 11.0. The fraction of sp³-hybridized carbons (Fsp3) is 0.294.